The summed E-state index contributed by atoms with van der Waals surface area (Å²) in [5.74, 6) is -0.177. The molecule has 6 heteroatoms. The molecule has 1 aromatic heterocycles. The fourth-order valence-electron chi connectivity index (χ4n) is 2.39. The Morgan fingerprint density at radius 2 is 2.09 bits per heavy atom. The molecule has 0 fully saturated rings. The van der Waals surface area contributed by atoms with E-state index in [1.54, 1.807) is 17.0 Å². The van der Waals surface area contributed by atoms with Crippen molar-refractivity contribution in [3.05, 3.63) is 64.0 Å². The van der Waals surface area contributed by atoms with E-state index >= 15 is 0 Å². The maximum atomic E-state index is 12.8. The molecule has 122 valence electrons. The molecule has 0 N–H and O–H groups in total. The molecule has 6 nitrogen and oxygen atoms in total. The molecule has 2 rings (SSSR count). The summed E-state index contributed by atoms with van der Waals surface area (Å²) in [6.45, 7) is 3.19. The van der Waals surface area contributed by atoms with E-state index in [2.05, 4.69) is 6.92 Å². The molecule has 0 aliphatic rings. The van der Waals surface area contributed by atoms with Crippen molar-refractivity contribution in [2.24, 2.45) is 7.05 Å². The zero-order valence-electron chi connectivity index (χ0n) is 13.4. The van der Waals surface area contributed by atoms with E-state index in [0.717, 1.165) is 18.5 Å². The third kappa shape index (κ3) is 4.18. The Bertz CT molecular complexity index is 694. The van der Waals surface area contributed by atoms with Gasteiger partial charge in [-0.15, -0.1) is 0 Å². The number of carbonyl (C=O) groups excluding carboxylic acids is 1. The van der Waals surface area contributed by atoms with Crippen molar-refractivity contribution in [2.45, 2.75) is 26.3 Å². The number of hydrogen-bond donors (Lipinski definition) is 0. The van der Waals surface area contributed by atoms with Crippen LogP contribution in [0, 0.1) is 10.1 Å². The first-order chi connectivity index (χ1) is 11.0. The molecule has 1 aromatic carbocycles. The fraction of sp³-hybridized carbons (Fsp3) is 0.353. The maximum absolute atomic E-state index is 12.8. The minimum Gasteiger partial charge on any atom is -0.353 e. The standard InChI is InChI=1S/C17H21N3O3/c1-3-4-11-19(13-16-9-6-10-18(16)2)17(21)14-7-5-8-15(12-14)20(22)23/h5-10,12H,3-4,11,13H2,1-2H3. The zero-order chi connectivity index (χ0) is 16.8. The number of nitrogens with zero attached hydrogens (tertiary/aromatic N) is 3. The molecule has 0 aliphatic heterocycles. The van der Waals surface area contributed by atoms with Gasteiger partial charge in [-0.2, -0.15) is 0 Å². The second kappa shape index (κ2) is 7.58. The number of nitro benzene ring substituents is 1. The number of unbranched alkanes of at least 4 members (excludes halogenated alkanes) is 1. The van der Waals surface area contributed by atoms with Crippen molar-refractivity contribution in [3.8, 4) is 0 Å². The Balaban J connectivity index is 2.23. The molecule has 1 amide bonds. The van der Waals surface area contributed by atoms with Crippen LogP contribution in [0.1, 0.15) is 35.8 Å². The highest BCUT2D eigenvalue weighted by atomic mass is 16.6. The van der Waals surface area contributed by atoms with Crippen molar-refractivity contribution in [1.82, 2.24) is 9.47 Å². The van der Waals surface area contributed by atoms with E-state index in [1.165, 1.54) is 12.1 Å². The number of aryl methyl sites for hydroxylation is 1. The van der Waals surface area contributed by atoms with Gasteiger partial charge in [-0.25, -0.2) is 0 Å². The largest absolute Gasteiger partial charge is 0.353 e. The Labute approximate surface area is 135 Å². The van der Waals surface area contributed by atoms with E-state index in [0.29, 0.717) is 18.7 Å². The van der Waals surface area contributed by atoms with Crippen LogP contribution in [-0.2, 0) is 13.6 Å². The second-order valence-corrected chi connectivity index (χ2v) is 5.50. The van der Waals surface area contributed by atoms with E-state index in [-0.39, 0.29) is 11.6 Å². The van der Waals surface area contributed by atoms with Crippen molar-refractivity contribution in [2.75, 3.05) is 6.54 Å². The Morgan fingerprint density at radius 1 is 1.30 bits per heavy atom. The van der Waals surface area contributed by atoms with Crippen LogP contribution in [-0.4, -0.2) is 26.8 Å². The van der Waals surface area contributed by atoms with Gasteiger partial charge in [0.1, 0.15) is 0 Å². The van der Waals surface area contributed by atoms with Gasteiger partial charge in [0, 0.05) is 43.2 Å². The Hall–Kier alpha value is -2.63. The molecular weight excluding hydrogens is 294 g/mol. The number of rotatable bonds is 7. The average molecular weight is 315 g/mol. The van der Waals surface area contributed by atoms with Crippen LogP contribution in [0.3, 0.4) is 0 Å². The van der Waals surface area contributed by atoms with E-state index in [9.17, 15) is 14.9 Å². The van der Waals surface area contributed by atoms with Crippen LogP contribution in [0.15, 0.2) is 42.6 Å². The van der Waals surface area contributed by atoms with Gasteiger partial charge in [0.2, 0.25) is 0 Å². The SMILES string of the molecule is CCCCN(Cc1cccn1C)C(=O)c1cccc([N+](=O)[O-])c1. The van der Waals surface area contributed by atoms with Gasteiger partial charge >= 0.3 is 0 Å². The number of nitro groups is 1. The summed E-state index contributed by atoms with van der Waals surface area (Å²) in [6, 6.07) is 9.81. The van der Waals surface area contributed by atoms with Gasteiger partial charge < -0.3 is 9.47 Å². The predicted octanol–water partition coefficient (Wildman–Crippen LogP) is 3.38. The minimum atomic E-state index is -0.482. The summed E-state index contributed by atoms with van der Waals surface area (Å²) in [7, 11) is 1.94. The molecule has 0 aliphatic carbocycles. The first kappa shape index (κ1) is 16.7. The third-order valence-corrected chi connectivity index (χ3v) is 3.78. The van der Waals surface area contributed by atoms with Gasteiger partial charge in [-0.05, 0) is 24.6 Å². The molecule has 0 saturated heterocycles. The normalized spacial score (nSPS) is 10.5. The lowest BCUT2D eigenvalue weighted by atomic mass is 10.1. The average Bonchev–Trinajstić information content (AvgIpc) is 2.95. The lowest BCUT2D eigenvalue weighted by molar-refractivity contribution is -0.384. The molecule has 0 radical (unpaired) electrons. The van der Waals surface area contributed by atoms with E-state index in [4.69, 9.17) is 0 Å². The van der Waals surface area contributed by atoms with Gasteiger partial charge in [0.15, 0.2) is 0 Å². The zero-order valence-corrected chi connectivity index (χ0v) is 13.4. The quantitative estimate of drug-likeness (QED) is 0.581. The van der Waals surface area contributed by atoms with Gasteiger partial charge in [-0.1, -0.05) is 19.4 Å². The van der Waals surface area contributed by atoms with Gasteiger partial charge in [-0.3, -0.25) is 14.9 Å². The molecule has 1 heterocycles. The monoisotopic (exact) mass is 315 g/mol. The van der Waals surface area contributed by atoms with E-state index in [1.807, 2.05) is 29.9 Å². The highest BCUT2D eigenvalue weighted by Crippen LogP contribution is 2.17. The number of benzene rings is 1. The molecular formula is C17H21N3O3. The lowest BCUT2D eigenvalue weighted by Gasteiger charge is -2.23. The van der Waals surface area contributed by atoms with Crippen molar-refractivity contribution in [1.29, 1.82) is 0 Å². The maximum Gasteiger partial charge on any atom is 0.270 e. The lowest BCUT2D eigenvalue weighted by Crippen LogP contribution is -2.32. The second-order valence-electron chi connectivity index (χ2n) is 5.50. The molecule has 2 aromatic rings. The summed E-state index contributed by atoms with van der Waals surface area (Å²) >= 11 is 0. The van der Waals surface area contributed by atoms with Crippen molar-refractivity contribution < 1.29 is 9.72 Å². The molecule has 0 saturated carbocycles. The molecule has 23 heavy (non-hydrogen) atoms. The predicted molar refractivity (Wildman–Crippen MR) is 88.2 cm³/mol. The number of carbonyl (C=O) groups is 1. The smallest absolute Gasteiger partial charge is 0.270 e. The molecule has 0 unspecified atom stereocenters. The molecule has 0 bridgehead atoms. The topological polar surface area (TPSA) is 68.4 Å². The van der Waals surface area contributed by atoms with Crippen LogP contribution in [0.5, 0.6) is 0 Å². The minimum absolute atomic E-state index is 0.0647. The first-order valence-electron chi connectivity index (χ1n) is 7.67. The van der Waals surface area contributed by atoms with Gasteiger partial charge in [0.25, 0.3) is 11.6 Å². The summed E-state index contributed by atoms with van der Waals surface area (Å²) in [4.78, 5) is 24.9. The van der Waals surface area contributed by atoms with Crippen LogP contribution in [0.25, 0.3) is 0 Å². The highest BCUT2D eigenvalue weighted by molar-refractivity contribution is 5.94. The van der Waals surface area contributed by atoms with Crippen LogP contribution < -0.4 is 0 Å². The van der Waals surface area contributed by atoms with Crippen LogP contribution in [0.4, 0.5) is 5.69 Å². The Kier molecular flexibility index (Phi) is 5.51. The van der Waals surface area contributed by atoms with Gasteiger partial charge in [0.05, 0.1) is 11.5 Å². The Morgan fingerprint density at radius 3 is 2.70 bits per heavy atom. The van der Waals surface area contributed by atoms with Crippen molar-refractivity contribution in [3.63, 3.8) is 0 Å². The number of hydrogen-bond acceptors (Lipinski definition) is 3. The van der Waals surface area contributed by atoms with Crippen LogP contribution >= 0.6 is 0 Å². The summed E-state index contributed by atoms with van der Waals surface area (Å²) in [6.07, 6.45) is 3.81. The third-order valence-electron chi connectivity index (χ3n) is 3.78. The fourth-order valence-corrected chi connectivity index (χ4v) is 2.39. The highest BCUT2D eigenvalue weighted by Gasteiger charge is 2.19. The van der Waals surface area contributed by atoms with E-state index < -0.39 is 4.92 Å². The summed E-state index contributed by atoms with van der Waals surface area (Å²) in [5.41, 5.74) is 1.31. The number of non-ortho nitro benzene ring substituents is 1. The first-order valence-corrected chi connectivity index (χ1v) is 7.67. The van der Waals surface area contributed by atoms with Crippen LogP contribution in [0.2, 0.25) is 0 Å². The van der Waals surface area contributed by atoms with Crippen molar-refractivity contribution >= 4 is 11.6 Å². The molecule has 0 spiro atoms. The molecule has 0 atom stereocenters. The summed E-state index contributed by atoms with van der Waals surface area (Å²) in [5, 5.41) is 10.9. The summed E-state index contributed by atoms with van der Waals surface area (Å²) < 4.78 is 1.97. The number of aromatic nitrogens is 1. The number of amides is 1.